The molecule has 0 radical (unpaired) electrons. The first-order valence-corrected chi connectivity index (χ1v) is 5.20. The van der Waals surface area contributed by atoms with Crippen LogP contribution in [0.2, 0.25) is 0 Å². The van der Waals surface area contributed by atoms with E-state index in [0.717, 1.165) is 11.1 Å². The first-order chi connectivity index (χ1) is 7.56. The van der Waals surface area contributed by atoms with E-state index in [1.165, 1.54) is 7.11 Å². The molecule has 0 bridgehead atoms. The summed E-state index contributed by atoms with van der Waals surface area (Å²) >= 11 is 0. The van der Waals surface area contributed by atoms with Gasteiger partial charge in [-0.1, -0.05) is 38.1 Å². The minimum atomic E-state index is -0.501. The SMILES string of the molecule is COC(=O)/C(N)=C/c1ccccc1C(C)C. The van der Waals surface area contributed by atoms with Crippen LogP contribution in [0.1, 0.15) is 30.9 Å². The molecule has 86 valence electrons. The molecular weight excluding hydrogens is 202 g/mol. The number of ether oxygens (including phenoxy) is 1. The van der Waals surface area contributed by atoms with Crippen LogP contribution in [-0.4, -0.2) is 13.1 Å². The second-order valence-electron chi connectivity index (χ2n) is 3.87. The van der Waals surface area contributed by atoms with E-state index in [-0.39, 0.29) is 5.70 Å². The zero-order valence-corrected chi connectivity index (χ0v) is 9.86. The standard InChI is InChI=1S/C13H17NO2/c1-9(2)11-7-5-4-6-10(11)8-12(14)13(15)16-3/h4-9H,14H2,1-3H3/b12-8-. The van der Waals surface area contributed by atoms with Crippen molar-refractivity contribution >= 4 is 12.0 Å². The highest BCUT2D eigenvalue weighted by atomic mass is 16.5. The maximum atomic E-state index is 11.2. The first kappa shape index (κ1) is 12.3. The van der Waals surface area contributed by atoms with Crippen LogP contribution in [-0.2, 0) is 9.53 Å². The van der Waals surface area contributed by atoms with Gasteiger partial charge in [0.15, 0.2) is 0 Å². The summed E-state index contributed by atoms with van der Waals surface area (Å²) in [4.78, 5) is 11.2. The molecule has 3 heteroatoms. The molecule has 0 heterocycles. The molecule has 0 aliphatic rings. The average Bonchev–Trinajstić information content (AvgIpc) is 2.28. The highest BCUT2D eigenvalue weighted by Gasteiger charge is 2.08. The molecule has 1 aromatic rings. The maximum absolute atomic E-state index is 11.2. The highest BCUT2D eigenvalue weighted by Crippen LogP contribution is 2.20. The molecule has 16 heavy (non-hydrogen) atoms. The fraction of sp³-hybridized carbons (Fsp3) is 0.308. The van der Waals surface area contributed by atoms with Crippen molar-refractivity contribution in [3.05, 3.63) is 41.1 Å². The van der Waals surface area contributed by atoms with E-state index in [4.69, 9.17) is 5.73 Å². The molecule has 0 aromatic heterocycles. The largest absolute Gasteiger partial charge is 0.464 e. The van der Waals surface area contributed by atoms with Crippen LogP contribution in [0.15, 0.2) is 30.0 Å². The quantitative estimate of drug-likeness (QED) is 0.626. The van der Waals surface area contributed by atoms with Gasteiger partial charge in [-0.3, -0.25) is 0 Å². The van der Waals surface area contributed by atoms with E-state index >= 15 is 0 Å². The lowest BCUT2D eigenvalue weighted by Gasteiger charge is -2.09. The normalized spacial score (nSPS) is 11.6. The predicted octanol–water partition coefficient (Wildman–Crippen LogP) is 2.28. The van der Waals surface area contributed by atoms with Crippen molar-refractivity contribution in [2.45, 2.75) is 19.8 Å². The zero-order chi connectivity index (χ0) is 12.1. The van der Waals surface area contributed by atoms with Crippen LogP contribution in [0, 0.1) is 0 Å². The summed E-state index contributed by atoms with van der Waals surface area (Å²) in [5.41, 5.74) is 7.86. The van der Waals surface area contributed by atoms with Crippen molar-refractivity contribution in [1.29, 1.82) is 0 Å². The molecule has 1 rings (SSSR count). The molecular formula is C13H17NO2. The van der Waals surface area contributed by atoms with Gasteiger partial charge < -0.3 is 10.5 Å². The second-order valence-corrected chi connectivity index (χ2v) is 3.87. The van der Waals surface area contributed by atoms with E-state index < -0.39 is 5.97 Å². The Kier molecular flexibility index (Phi) is 4.11. The van der Waals surface area contributed by atoms with Gasteiger partial charge in [0.2, 0.25) is 0 Å². The number of carbonyl (C=O) groups excluding carboxylic acids is 1. The molecule has 0 amide bonds. The number of nitrogens with two attached hydrogens (primary N) is 1. The van der Waals surface area contributed by atoms with Crippen LogP contribution in [0.3, 0.4) is 0 Å². The van der Waals surface area contributed by atoms with Crippen LogP contribution in [0.25, 0.3) is 6.08 Å². The Morgan fingerprint density at radius 3 is 2.56 bits per heavy atom. The lowest BCUT2D eigenvalue weighted by Crippen LogP contribution is -2.12. The molecule has 0 unspecified atom stereocenters. The van der Waals surface area contributed by atoms with Crippen molar-refractivity contribution in [2.75, 3.05) is 7.11 Å². The minimum Gasteiger partial charge on any atom is -0.464 e. The van der Waals surface area contributed by atoms with Gasteiger partial charge in [-0.2, -0.15) is 0 Å². The molecule has 2 N–H and O–H groups in total. The Morgan fingerprint density at radius 1 is 1.38 bits per heavy atom. The number of carbonyl (C=O) groups is 1. The smallest absolute Gasteiger partial charge is 0.353 e. The third-order valence-corrected chi connectivity index (χ3v) is 2.35. The Balaban J connectivity index is 3.09. The molecule has 0 atom stereocenters. The van der Waals surface area contributed by atoms with Gasteiger partial charge in [0.05, 0.1) is 7.11 Å². The minimum absolute atomic E-state index is 0.121. The van der Waals surface area contributed by atoms with Gasteiger partial charge in [-0.25, -0.2) is 4.79 Å². The van der Waals surface area contributed by atoms with Crippen molar-refractivity contribution in [3.63, 3.8) is 0 Å². The van der Waals surface area contributed by atoms with E-state index in [9.17, 15) is 4.79 Å². The van der Waals surface area contributed by atoms with Crippen molar-refractivity contribution < 1.29 is 9.53 Å². The Morgan fingerprint density at radius 2 is 2.00 bits per heavy atom. The number of hydrogen-bond donors (Lipinski definition) is 1. The summed E-state index contributed by atoms with van der Waals surface area (Å²) in [6.45, 7) is 4.20. The monoisotopic (exact) mass is 219 g/mol. The Labute approximate surface area is 95.9 Å². The summed E-state index contributed by atoms with van der Waals surface area (Å²) in [7, 11) is 1.32. The van der Waals surface area contributed by atoms with Gasteiger partial charge in [0.1, 0.15) is 5.70 Å². The highest BCUT2D eigenvalue weighted by molar-refractivity contribution is 5.92. The van der Waals surface area contributed by atoms with Gasteiger partial charge >= 0.3 is 5.97 Å². The zero-order valence-electron chi connectivity index (χ0n) is 9.86. The molecule has 0 saturated heterocycles. The summed E-state index contributed by atoms with van der Waals surface area (Å²) in [5, 5.41) is 0. The predicted molar refractivity (Wildman–Crippen MR) is 64.7 cm³/mol. The van der Waals surface area contributed by atoms with Crippen molar-refractivity contribution in [3.8, 4) is 0 Å². The summed E-state index contributed by atoms with van der Waals surface area (Å²) in [6.07, 6.45) is 1.65. The summed E-state index contributed by atoms with van der Waals surface area (Å²) in [5.74, 6) is -0.114. The molecule has 0 aliphatic heterocycles. The van der Waals surface area contributed by atoms with Gasteiger partial charge in [-0.05, 0) is 23.1 Å². The lowest BCUT2D eigenvalue weighted by atomic mass is 9.97. The van der Waals surface area contributed by atoms with Crippen LogP contribution >= 0.6 is 0 Å². The van der Waals surface area contributed by atoms with Gasteiger partial charge in [0, 0.05) is 0 Å². The molecule has 0 spiro atoms. The van der Waals surface area contributed by atoms with Crippen LogP contribution in [0.5, 0.6) is 0 Å². The van der Waals surface area contributed by atoms with E-state index in [1.54, 1.807) is 6.08 Å². The lowest BCUT2D eigenvalue weighted by molar-refractivity contribution is -0.136. The van der Waals surface area contributed by atoms with Crippen molar-refractivity contribution in [1.82, 2.24) is 0 Å². The Hall–Kier alpha value is -1.77. The number of hydrogen-bond acceptors (Lipinski definition) is 3. The van der Waals surface area contributed by atoms with Crippen LogP contribution < -0.4 is 5.73 Å². The maximum Gasteiger partial charge on any atom is 0.353 e. The van der Waals surface area contributed by atoms with Gasteiger partial charge in [0.25, 0.3) is 0 Å². The topological polar surface area (TPSA) is 52.3 Å². The number of methoxy groups -OCH3 is 1. The molecule has 0 saturated carbocycles. The summed E-state index contributed by atoms with van der Waals surface area (Å²) < 4.78 is 4.55. The molecule has 3 nitrogen and oxygen atoms in total. The summed E-state index contributed by atoms with van der Waals surface area (Å²) in [6, 6.07) is 7.86. The number of benzene rings is 1. The fourth-order valence-corrected chi connectivity index (χ4v) is 1.51. The molecule has 0 fully saturated rings. The molecule has 1 aromatic carbocycles. The third kappa shape index (κ3) is 2.86. The van der Waals surface area contributed by atoms with E-state index in [1.807, 2.05) is 24.3 Å². The van der Waals surface area contributed by atoms with Crippen molar-refractivity contribution in [2.24, 2.45) is 5.73 Å². The number of rotatable bonds is 3. The van der Waals surface area contributed by atoms with E-state index in [0.29, 0.717) is 5.92 Å². The van der Waals surface area contributed by atoms with Crippen LogP contribution in [0.4, 0.5) is 0 Å². The molecule has 0 aliphatic carbocycles. The Bertz CT molecular complexity index is 408. The second kappa shape index (κ2) is 5.35. The first-order valence-electron chi connectivity index (χ1n) is 5.20. The third-order valence-electron chi connectivity index (χ3n) is 2.35. The average molecular weight is 219 g/mol. The fourth-order valence-electron chi connectivity index (χ4n) is 1.51. The van der Waals surface area contributed by atoms with E-state index in [2.05, 4.69) is 18.6 Å². The van der Waals surface area contributed by atoms with Gasteiger partial charge in [-0.15, -0.1) is 0 Å². The number of esters is 1.